The number of hydrazine groups is 1. The van der Waals surface area contributed by atoms with Gasteiger partial charge < -0.3 is 5.32 Å². The SMILES string of the molecule is Cc1ncsc1C(=O)NC1CCN(CC(=O)NNC(=O)c2ccccc2Cl)CC1. The van der Waals surface area contributed by atoms with Gasteiger partial charge in [-0.15, -0.1) is 11.3 Å². The smallest absolute Gasteiger partial charge is 0.271 e. The van der Waals surface area contributed by atoms with Crippen LogP contribution < -0.4 is 16.2 Å². The normalized spacial score (nSPS) is 15.0. The molecule has 1 saturated heterocycles. The van der Waals surface area contributed by atoms with Crippen LogP contribution in [0.15, 0.2) is 29.8 Å². The zero-order chi connectivity index (χ0) is 20.8. The van der Waals surface area contributed by atoms with Crippen molar-refractivity contribution in [3.63, 3.8) is 0 Å². The van der Waals surface area contributed by atoms with E-state index in [1.165, 1.54) is 11.3 Å². The summed E-state index contributed by atoms with van der Waals surface area (Å²) in [5, 5.41) is 3.35. The average Bonchev–Trinajstić information content (AvgIpc) is 3.14. The number of benzene rings is 1. The van der Waals surface area contributed by atoms with Crippen LogP contribution >= 0.6 is 22.9 Å². The van der Waals surface area contributed by atoms with E-state index >= 15 is 0 Å². The summed E-state index contributed by atoms with van der Waals surface area (Å²) in [6.07, 6.45) is 1.51. The predicted octanol–water partition coefficient (Wildman–Crippen LogP) is 1.76. The number of thiazole rings is 1. The average molecular weight is 436 g/mol. The Hall–Kier alpha value is -2.49. The van der Waals surface area contributed by atoms with Gasteiger partial charge >= 0.3 is 0 Å². The zero-order valence-corrected chi connectivity index (χ0v) is 17.5. The molecule has 1 aliphatic heterocycles. The zero-order valence-electron chi connectivity index (χ0n) is 15.9. The molecule has 1 aromatic carbocycles. The molecule has 0 spiro atoms. The van der Waals surface area contributed by atoms with Crippen molar-refractivity contribution in [3.8, 4) is 0 Å². The molecule has 3 N–H and O–H groups in total. The second kappa shape index (κ2) is 9.82. The van der Waals surface area contributed by atoms with Crippen molar-refractivity contribution in [1.29, 1.82) is 0 Å². The number of rotatable bonds is 5. The number of carbonyl (C=O) groups is 3. The molecule has 0 atom stereocenters. The first-order chi connectivity index (χ1) is 13.9. The molecule has 2 aromatic rings. The molecule has 1 fully saturated rings. The number of aromatic nitrogens is 1. The van der Waals surface area contributed by atoms with Crippen LogP contribution in [0.25, 0.3) is 0 Å². The maximum atomic E-state index is 12.3. The summed E-state index contributed by atoms with van der Waals surface area (Å²) in [6.45, 7) is 3.34. The van der Waals surface area contributed by atoms with Crippen LogP contribution in [0.4, 0.5) is 0 Å². The fraction of sp³-hybridized carbons (Fsp3) is 0.368. The van der Waals surface area contributed by atoms with E-state index in [2.05, 4.69) is 21.2 Å². The highest BCUT2D eigenvalue weighted by molar-refractivity contribution is 7.11. The van der Waals surface area contributed by atoms with Crippen LogP contribution in [-0.4, -0.2) is 53.3 Å². The van der Waals surface area contributed by atoms with Crippen LogP contribution in [0.1, 0.15) is 38.6 Å². The lowest BCUT2D eigenvalue weighted by Crippen LogP contribution is -2.50. The predicted molar refractivity (Wildman–Crippen MR) is 111 cm³/mol. The summed E-state index contributed by atoms with van der Waals surface area (Å²) in [5.74, 6) is -0.875. The van der Waals surface area contributed by atoms with Crippen LogP contribution in [0.5, 0.6) is 0 Å². The number of piperidine rings is 1. The fourth-order valence-corrected chi connectivity index (χ4v) is 4.01. The van der Waals surface area contributed by atoms with Gasteiger partial charge in [0.1, 0.15) is 4.88 Å². The molecule has 3 amide bonds. The first-order valence-electron chi connectivity index (χ1n) is 9.21. The summed E-state index contributed by atoms with van der Waals surface area (Å²) in [4.78, 5) is 43.2. The van der Waals surface area contributed by atoms with Crippen molar-refractivity contribution in [1.82, 2.24) is 26.1 Å². The number of likely N-dealkylation sites (tertiary alicyclic amines) is 1. The summed E-state index contributed by atoms with van der Waals surface area (Å²) in [6, 6.07) is 6.68. The molecule has 8 nitrogen and oxygen atoms in total. The molecule has 0 aliphatic carbocycles. The Labute approximate surface area is 177 Å². The number of hydrogen-bond donors (Lipinski definition) is 3. The van der Waals surface area contributed by atoms with Crippen molar-refractivity contribution in [2.45, 2.75) is 25.8 Å². The third kappa shape index (κ3) is 5.75. The Morgan fingerprint density at radius 2 is 1.90 bits per heavy atom. The minimum atomic E-state index is -0.469. The maximum Gasteiger partial charge on any atom is 0.271 e. The monoisotopic (exact) mass is 435 g/mol. The molecule has 2 heterocycles. The lowest BCUT2D eigenvalue weighted by Gasteiger charge is -2.31. The first-order valence-corrected chi connectivity index (χ1v) is 10.5. The Balaban J connectivity index is 1.38. The van der Waals surface area contributed by atoms with Crippen molar-refractivity contribution >= 4 is 40.7 Å². The number of nitrogens with zero attached hydrogens (tertiary/aromatic N) is 2. The van der Waals surface area contributed by atoms with Gasteiger partial charge in [-0.1, -0.05) is 23.7 Å². The van der Waals surface area contributed by atoms with Gasteiger partial charge in [-0.3, -0.25) is 30.1 Å². The van der Waals surface area contributed by atoms with Gasteiger partial charge in [0.25, 0.3) is 17.7 Å². The number of halogens is 1. The highest BCUT2D eigenvalue weighted by Gasteiger charge is 2.23. The lowest BCUT2D eigenvalue weighted by atomic mass is 10.0. The highest BCUT2D eigenvalue weighted by atomic mass is 35.5. The van der Waals surface area contributed by atoms with E-state index in [9.17, 15) is 14.4 Å². The summed E-state index contributed by atoms with van der Waals surface area (Å²) in [5.41, 5.74) is 7.48. The summed E-state index contributed by atoms with van der Waals surface area (Å²) in [7, 11) is 0. The number of carbonyl (C=O) groups excluding carboxylic acids is 3. The Morgan fingerprint density at radius 1 is 1.17 bits per heavy atom. The van der Waals surface area contributed by atoms with Gasteiger partial charge in [0, 0.05) is 19.1 Å². The van der Waals surface area contributed by atoms with Crippen LogP contribution in [-0.2, 0) is 4.79 Å². The maximum absolute atomic E-state index is 12.3. The van der Waals surface area contributed by atoms with Gasteiger partial charge in [0.05, 0.1) is 28.3 Å². The molecule has 29 heavy (non-hydrogen) atoms. The number of aryl methyl sites for hydroxylation is 1. The third-order valence-corrected chi connectivity index (χ3v) is 5.93. The second-order valence-electron chi connectivity index (χ2n) is 6.77. The number of nitrogens with one attached hydrogen (secondary N) is 3. The molecule has 1 aromatic heterocycles. The van der Waals surface area contributed by atoms with Crippen molar-refractivity contribution < 1.29 is 14.4 Å². The Morgan fingerprint density at radius 3 is 2.55 bits per heavy atom. The molecule has 0 saturated carbocycles. The summed E-state index contributed by atoms with van der Waals surface area (Å²) < 4.78 is 0. The molecular weight excluding hydrogens is 414 g/mol. The van der Waals surface area contributed by atoms with Gasteiger partial charge in [-0.2, -0.15) is 0 Å². The van der Waals surface area contributed by atoms with E-state index in [-0.39, 0.29) is 24.4 Å². The topological polar surface area (TPSA) is 103 Å². The van der Waals surface area contributed by atoms with E-state index in [0.717, 1.165) is 18.5 Å². The second-order valence-corrected chi connectivity index (χ2v) is 8.03. The van der Waals surface area contributed by atoms with Gasteiger partial charge in [-0.05, 0) is 31.9 Å². The Bertz CT molecular complexity index is 895. The van der Waals surface area contributed by atoms with Crippen molar-refractivity contribution in [3.05, 3.63) is 50.9 Å². The van der Waals surface area contributed by atoms with Gasteiger partial charge in [-0.25, -0.2) is 4.98 Å². The van der Waals surface area contributed by atoms with Crippen LogP contribution in [0.2, 0.25) is 5.02 Å². The number of hydrogen-bond acceptors (Lipinski definition) is 6. The molecule has 0 unspecified atom stereocenters. The first kappa shape index (κ1) is 21.2. The van der Waals surface area contributed by atoms with Crippen molar-refractivity contribution in [2.75, 3.05) is 19.6 Å². The minimum Gasteiger partial charge on any atom is -0.348 e. The van der Waals surface area contributed by atoms with Crippen LogP contribution in [0, 0.1) is 6.92 Å². The molecule has 0 radical (unpaired) electrons. The molecule has 3 rings (SSSR count). The van der Waals surface area contributed by atoms with E-state index in [4.69, 9.17) is 11.6 Å². The van der Waals surface area contributed by atoms with E-state index in [1.807, 2.05) is 11.8 Å². The molecular formula is C19H22ClN5O3S. The molecule has 154 valence electrons. The highest BCUT2D eigenvalue weighted by Crippen LogP contribution is 2.15. The standard InChI is InChI=1S/C19H22ClN5O3S/c1-12-17(29-11-21-12)19(28)22-13-6-8-25(9-7-13)10-16(26)23-24-18(27)14-4-2-3-5-15(14)20/h2-5,11,13H,6-10H2,1H3,(H,22,28)(H,23,26)(H,24,27). The Kier molecular flexibility index (Phi) is 7.18. The third-order valence-electron chi connectivity index (χ3n) is 4.68. The number of amides is 3. The quantitative estimate of drug-likeness (QED) is 0.621. The minimum absolute atomic E-state index is 0.0724. The van der Waals surface area contributed by atoms with Gasteiger partial charge in [0.15, 0.2) is 0 Å². The molecule has 1 aliphatic rings. The largest absolute Gasteiger partial charge is 0.348 e. The molecule has 0 bridgehead atoms. The van der Waals surface area contributed by atoms with Crippen LogP contribution in [0.3, 0.4) is 0 Å². The van der Waals surface area contributed by atoms with E-state index < -0.39 is 5.91 Å². The van der Waals surface area contributed by atoms with E-state index in [0.29, 0.717) is 28.6 Å². The van der Waals surface area contributed by atoms with E-state index in [1.54, 1.807) is 29.8 Å². The van der Waals surface area contributed by atoms with Gasteiger partial charge in [0.2, 0.25) is 0 Å². The summed E-state index contributed by atoms with van der Waals surface area (Å²) >= 11 is 7.30. The lowest BCUT2D eigenvalue weighted by molar-refractivity contribution is -0.123. The molecule has 10 heteroatoms. The fourth-order valence-electron chi connectivity index (χ4n) is 3.09. The van der Waals surface area contributed by atoms with Crippen molar-refractivity contribution in [2.24, 2.45) is 0 Å².